The van der Waals surface area contributed by atoms with Gasteiger partial charge in [0, 0.05) is 26.1 Å². The van der Waals surface area contributed by atoms with E-state index in [0.29, 0.717) is 25.9 Å². The van der Waals surface area contributed by atoms with Crippen molar-refractivity contribution < 1.29 is 19.5 Å². The fourth-order valence-electron chi connectivity index (χ4n) is 2.42. The van der Waals surface area contributed by atoms with Crippen LogP contribution < -0.4 is 10.6 Å². The Morgan fingerprint density at radius 2 is 2.09 bits per heavy atom. The third-order valence-corrected chi connectivity index (χ3v) is 3.67. The third-order valence-electron chi connectivity index (χ3n) is 3.67. The van der Waals surface area contributed by atoms with Crippen molar-refractivity contribution in [2.75, 3.05) is 25.0 Å². The molecule has 0 aromatic heterocycles. The number of phenolic OH excluding ortho intramolecular Hbond substituents is 1. The van der Waals surface area contributed by atoms with Gasteiger partial charge >= 0.3 is 11.8 Å². The zero-order valence-corrected chi connectivity index (χ0v) is 13.1. The number of nitrogens with zero attached hydrogens (tertiary/aromatic N) is 1. The van der Waals surface area contributed by atoms with Crippen molar-refractivity contribution >= 4 is 23.4 Å². The second-order valence-electron chi connectivity index (χ2n) is 5.57. The number of phenols is 1. The van der Waals surface area contributed by atoms with E-state index >= 15 is 0 Å². The van der Waals surface area contributed by atoms with Gasteiger partial charge in [-0.15, -0.1) is 0 Å². The van der Waals surface area contributed by atoms with Gasteiger partial charge in [0.2, 0.25) is 5.91 Å². The summed E-state index contributed by atoms with van der Waals surface area (Å²) in [5.41, 5.74) is 1.04. The fourth-order valence-corrected chi connectivity index (χ4v) is 2.42. The molecular formula is C16H21N3O4. The van der Waals surface area contributed by atoms with Gasteiger partial charge in [0.1, 0.15) is 5.75 Å². The molecule has 0 aliphatic carbocycles. The molecule has 1 fully saturated rings. The number of amides is 3. The SMILES string of the molecule is Cc1ccc(NC(=O)C(=O)NCCCN2CCCC2=O)c(O)c1. The summed E-state index contributed by atoms with van der Waals surface area (Å²) in [5.74, 6) is -1.54. The normalized spacial score (nSPS) is 14.0. The van der Waals surface area contributed by atoms with Crippen molar-refractivity contribution in [3.63, 3.8) is 0 Å². The zero-order chi connectivity index (χ0) is 16.8. The molecule has 23 heavy (non-hydrogen) atoms. The van der Waals surface area contributed by atoms with Gasteiger partial charge in [-0.25, -0.2) is 0 Å². The molecule has 0 spiro atoms. The van der Waals surface area contributed by atoms with Crippen LogP contribution in [0.2, 0.25) is 0 Å². The van der Waals surface area contributed by atoms with E-state index in [0.717, 1.165) is 18.5 Å². The number of aromatic hydroxyl groups is 1. The molecule has 124 valence electrons. The van der Waals surface area contributed by atoms with Gasteiger partial charge in [-0.3, -0.25) is 14.4 Å². The molecule has 0 unspecified atom stereocenters. The van der Waals surface area contributed by atoms with Crippen molar-refractivity contribution in [1.82, 2.24) is 10.2 Å². The van der Waals surface area contributed by atoms with Gasteiger partial charge in [0.15, 0.2) is 0 Å². The lowest BCUT2D eigenvalue weighted by molar-refractivity contribution is -0.136. The highest BCUT2D eigenvalue weighted by Crippen LogP contribution is 2.23. The molecule has 1 aromatic rings. The number of rotatable bonds is 5. The predicted molar refractivity (Wildman–Crippen MR) is 84.9 cm³/mol. The van der Waals surface area contributed by atoms with Gasteiger partial charge in [-0.1, -0.05) is 6.07 Å². The Hall–Kier alpha value is -2.57. The molecule has 7 heteroatoms. The van der Waals surface area contributed by atoms with E-state index in [-0.39, 0.29) is 17.3 Å². The van der Waals surface area contributed by atoms with E-state index in [2.05, 4.69) is 10.6 Å². The molecule has 1 aliphatic rings. The molecule has 1 aliphatic heterocycles. The molecule has 0 saturated carbocycles. The molecule has 3 N–H and O–H groups in total. The Kier molecular flexibility index (Phi) is 5.56. The van der Waals surface area contributed by atoms with Crippen LogP contribution in [0, 0.1) is 6.92 Å². The number of carbonyl (C=O) groups excluding carboxylic acids is 3. The van der Waals surface area contributed by atoms with Gasteiger partial charge in [0.05, 0.1) is 5.69 Å². The summed E-state index contributed by atoms with van der Waals surface area (Å²) in [6, 6.07) is 4.76. The summed E-state index contributed by atoms with van der Waals surface area (Å²) in [6.07, 6.45) is 2.07. The van der Waals surface area contributed by atoms with Gasteiger partial charge in [0.25, 0.3) is 0 Å². The standard InChI is InChI=1S/C16H21N3O4/c1-11-5-6-12(13(20)10-11)18-16(23)15(22)17-7-3-9-19-8-2-4-14(19)21/h5-6,10,20H,2-4,7-9H2,1H3,(H,17,22)(H,18,23). The minimum absolute atomic E-state index is 0.0845. The van der Waals surface area contributed by atoms with E-state index < -0.39 is 11.8 Å². The Morgan fingerprint density at radius 3 is 2.74 bits per heavy atom. The molecule has 0 bridgehead atoms. The molecule has 7 nitrogen and oxygen atoms in total. The smallest absolute Gasteiger partial charge is 0.313 e. The number of benzene rings is 1. The number of aryl methyl sites for hydroxylation is 1. The lowest BCUT2D eigenvalue weighted by Crippen LogP contribution is -2.37. The van der Waals surface area contributed by atoms with Gasteiger partial charge in [-0.05, 0) is 37.5 Å². The van der Waals surface area contributed by atoms with Gasteiger partial charge < -0.3 is 20.6 Å². The monoisotopic (exact) mass is 319 g/mol. The highest BCUT2D eigenvalue weighted by Gasteiger charge is 2.19. The Bertz CT molecular complexity index is 615. The highest BCUT2D eigenvalue weighted by atomic mass is 16.3. The number of nitrogens with one attached hydrogen (secondary N) is 2. The molecule has 1 heterocycles. The maximum absolute atomic E-state index is 11.8. The molecule has 2 rings (SSSR count). The largest absolute Gasteiger partial charge is 0.506 e. The van der Waals surface area contributed by atoms with Crippen LogP contribution in [0.5, 0.6) is 5.75 Å². The van der Waals surface area contributed by atoms with Crippen LogP contribution in [0.4, 0.5) is 5.69 Å². The maximum Gasteiger partial charge on any atom is 0.313 e. The van der Waals surface area contributed by atoms with Crippen LogP contribution in [0.25, 0.3) is 0 Å². The topological polar surface area (TPSA) is 98.7 Å². The molecule has 0 radical (unpaired) electrons. The Morgan fingerprint density at radius 1 is 1.30 bits per heavy atom. The average Bonchev–Trinajstić information content (AvgIpc) is 2.91. The summed E-state index contributed by atoms with van der Waals surface area (Å²) < 4.78 is 0. The van der Waals surface area contributed by atoms with E-state index in [1.807, 2.05) is 6.92 Å². The van der Waals surface area contributed by atoms with Crippen LogP contribution in [0.3, 0.4) is 0 Å². The highest BCUT2D eigenvalue weighted by molar-refractivity contribution is 6.39. The van der Waals surface area contributed by atoms with Crippen LogP contribution >= 0.6 is 0 Å². The van der Waals surface area contributed by atoms with Crippen molar-refractivity contribution in [2.24, 2.45) is 0 Å². The lowest BCUT2D eigenvalue weighted by Gasteiger charge is -2.15. The summed E-state index contributed by atoms with van der Waals surface area (Å²) in [6.45, 7) is 3.47. The first-order valence-electron chi connectivity index (χ1n) is 7.64. The molecule has 3 amide bonds. The van der Waals surface area contributed by atoms with Crippen LogP contribution in [-0.4, -0.2) is 47.4 Å². The lowest BCUT2D eigenvalue weighted by atomic mass is 10.2. The minimum Gasteiger partial charge on any atom is -0.506 e. The molecule has 1 aromatic carbocycles. The summed E-state index contributed by atoms with van der Waals surface area (Å²) in [4.78, 5) is 36.6. The van der Waals surface area contributed by atoms with Crippen molar-refractivity contribution in [3.05, 3.63) is 23.8 Å². The molecule has 0 atom stereocenters. The first kappa shape index (κ1) is 16.8. The van der Waals surface area contributed by atoms with Crippen LogP contribution in [0.15, 0.2) is 18.2 Å². The second kappa shape index (κ2) is 7.62. The second-order valence-corrected chi connectivity index (χ2v) is 5.57. The van der Waals surface area contributed by atoms with E-state index in [1.165, 1.54) is 12.1 Å². The zero-order valence-electron chi connectivity index (χ0n) is 13.1. The van der Waals surface area contributed by atoms with E-state index in [9.17, 15) is 19.5 Å². The van der Waals surface area contributed by atoms with E-state index in [1.54, 1.807) is 11.0 Å². The number of carbonyl (C=O) groups is 3. The van der Waals surface area contributed by atoms with Gasteiger partial charge in [-0.2, -0.15) is 0 Å². The Labute approximate surface area is 134 Å². The quantitative estimate of drug-likeness (QED) is 0.424. The average molecular weight is 319 g/mol. The first-order valence-corrected chi connectivity index (χ1v) is 7.64. The predicted octanol–water partition coefficient (Wildman–Crippen LogP) is 0.768. The summed E-state index contributed by atoms with van der Waals surface area (Å²) in [5, 5.41) is 14.6. The van der Waals surface area contributed by atoms with Crippen molar-refractivity contribution in [2.45, 2.75) is 26.2 Å². The van der Waals surface area contributed by atoms with Crippen molar-refractivity contribution in [1.29, 1.82) is 0 Å². The van der Waals surface area contributed by atoms with Crippen LogP contribution in [0.1, 0.15) is 24.8 Å². The summed E-state index contributed by atoms with van der Waals surface area (Å²) in [7, 11) is 0. The molecular weight excluding hydrogens is 298 g/mol. The molecule has 1 saturated heterocycles. The van der Waals surface area contributed by atoms with E-state index in [4.69, 9.17) is 0 Å². The minimum atomic E-state index is -0.832. The fraction of sp³-hybridized carbons (Fsp3) is 0.438. The maximum atomic E-state index is 11.8. The summed E-state index contributed by atoms with van der Waals surface area (Å²) >= 11 is 0. The number of likely N-dealkylation sites (tertiary alicyclic amines) is 1. The number of hydrogen-bond acceptors (Lipinski definition) is 4. The number of hydrogen-bond donors (Lipinski definition) is 3. The first-order chi connectivity index (χ1) is 11.0. The third kappa shape index (κ3) is 4.70. The Balaban J connectivity index is 1.72. The number of anilines is 1. The van der Waals surface area contributed by atoms with Crippen LogP contribution in [-0.2, 0) is 14.4 Å². The van der Waals surface area contributed by atoms with Crippen molar-refractivity contribution in [3.8, 4) is 5.75 Å².